The van der Waals surface area contributed by atoms with E-state index in [1.165, 1.54) is 4.90 Å². The summed E-state index contributed by atoms with van der Waals surface area (Å²) in [7, 11) is 0. The van der Waals surface area contributed by atoms with Crippen molar-refractivity contribution in [2.45, 2.75) is 26.3 Å². The quantitative estimate of drug-likeness (QED) is 0.302. The van der Waals surface area contributed by atoms with Crippen LogP contribution in [-0.2, 0) is 0 Å². The van der Waals surface area contributed by atoms with Gasteiger partial charge in [-0.3, -0.25) is 19.5 Å². The zero-order valence-corrected chi connectivity index (χ0v) is 20.9. The first-order valence-corrected chi connectivity index (χ1v) is 12.3. The number of aromatic nitrogens is 2. The van der Waals surface area contributed by atoms with Crippen molar-refractivity contribution >= 4 is 40.0 Å². The molecule has 1 atom stereocenters. The minimum absolute atomic E-state index is 0.0418. The van der Waals surface area contributed by atoms with Crippen LogP contribution in [0.1, 0.15) is 46.5 Å². The van der Waals surface area contributed by atoms with Crippen molar-refractivity contribution in [1.82, 2.24) is 14.9 Å². The Balaban J connectivity index is 1.42. The van der Waals surface area contributed by atoms with E-state index in [1.807, 2.05) is 44.2 Å². The number of pyridine rings is 2. The molecule has 0 bridgehead atoms. The number of hydrogen-bond acceptors (Lipinski definition) is 7. The van der Waals surface area contributed by atoms with E-state index in [0.717, 1.165) is 17.0 Å². The maximum atomic E-state index is 15.1. The standard InChI is InChI=1S/C29H25FN6O2/c1-17(2)12-21(16-36-28(37)22-7-3-4-8-23(22)29(36)38)34-27-24(30)14-19(15-31)26(35-27)33-20-9-10-25-18(13-20)6-5-11-32-25/h3-11,13-14,17,21H,12,16H2,1-2H3,(H2,33,34,35)/t21-/m1/s1. The van der Waals surface area contributed by atoms with Crippen LogP contribution < -0.4 is 10.6 Å². The molecule has 5 rings (SSSR count). The Kier molecular flexibility index (Phi) is 6.71. The normalized spacial score (nSPS) is 13.5. The van der Waals surface area contributed by atoms with Gasteiger partial charge in [-0.15, -0.1) is 0 Å². The third-order valence-electron chi connectivity index (χ3n) is 6.34. The summed E-state index contributed by atoms with van der Waals surface area (Å²) >= 11 is 0. The Morgan fingerprint density at radius 1 is 1.00 bits per heavy atom. The molecule has 0 saturated carbocycles. The molecule has 0 spiro atoms. The Hall–Kier alpha value is -4.84. The van der Waals surface area contributed by atoms with E-state index in [-0.39, 0.29) is 41.5 Å². The van der Waals surface area contributed by atoms with Gasteiger partial charge < -0.3 is 10.6 Å². The summed E-state index contributed by atoms with van der Waals surface area (Å²) in [5.74, 6) is -1.15. The van der Waals surface area contributed by atoms with Gasteiger partial charge in [0.15, 0.2) is 17.5 Å². The second-order valence-corrected chi connectivity index (χ2v) is 9.60. The topological polar surface area (TPSA) is 111 Å². The molecule has 1 aliphatic rings. The molecule has 38 heavy (non-hydrogen) atoms. The summed E-state index contributed by atoms with van der Waals surface area (Å²) in [6.45, 7) is 4.05. The number of anilines is 3. The number of imide groups is 1. The monoisotopic (exact) mass is 508 g/mol. The first-order valence-electron chi connectivity index (χ1n) is 12.3. The number of rotatable bonds is 8. The zero-order chi connectivity index (χ0) is 26.8. The molecular weight excluding hydrogens is 483 g/mol. The fraction of sp³-hybridized carbons (Fsp3) is 0.207. The van der Waals surface area contributed by atoms with Crippen molar-refractivity contribution < 1.29 is 14.0 Å². The average Bonchev–Trinajstić information content (AvgIpc) is 3.14. The van der Waals surface area contributed by atoms with Crippen molar-refractivity contribution in [2.75, 3.05) is 17.2 Å². The van der Waals surface area contributed by atoms with Crippen LogP contribution in [0.2, 0.25) is 0 Å². The van der Waals surface area contributed by atoms with E-state index < -0.39 is 11.9 Å². The van der Waals surface area contributed by atoms with Crippen LogP contribution in [0.5, 0.6) is 0 Å². The molecule has 190 valence electrons. The lowest BCUT2D eigenvalue weighted by Gasteiger charge is -2.26. The zero-order valence-electron chi connectivity index (χ0n) is 20.9. The van der Waals surface area contributed by atoms with Crippen molar-refractivity contribution in [1.29, 1.82) is 5.26 Å². The van der Waals surface area contributed by atoms with Gasteiger partial charge in [0, 0.05) is 29.9 Å². The molecule has 0 saturated heterocycles. The Bertz CT molecular complexity index is 1560. The number of halogens is 1. The van der Waals surface area contributed by atoms with E-state index in [2.05, 4.69) is 20.6 Å². The Morgan fingerprint density at radius 2 is 1.74 bits per heavy atom. The van der Waals surface area contributed by atoms with Crippen molar-refractivity contribution in [3.05, 3.63) is 89.4 Å². The second-order valence-electron chi connectivity index (χ2n) is 9.60. The first kappa shape index (κ1) is 24.8. The highest BCUT2D eigenvalue weighted by atomic mass is 19.1. The molecule has 3 heterocycles. The fourth-order valence-corrected chi connectivity index (χ4v) is 4.63. The van der Waals surface area contributed by atoms with E-state index in [0.29, 0.717) is 23.2 Å². The van der Waals surface area contributed by atoms with E-state index in [9.17, 15) is 14.9 Å². The van der Waals surface area contributed by atoms with Gasteiger partial charge in [0.1, 0.15) is 6.07 Å². The van der Waals surface area contributed by atoms with Crippen molar-refractivity contribution in [2.24, 2.45) is 5.92 Å². The highest BCUT2D eigenvalue weighted by molar-refractivity contribution is 6.21. The lowest BCUT2D eigenvalue weighted by atomic mass is 10.0. The Labute approximate surface area is 219 Å². The molecule has 0 fully saturated rings. The largest absolute Gasteiger partial charge is 0.363 e. The summed E-state index contributed by atoms with van der Waals surface area (Å²) in [6, 6.07) is 18.6. The number of carbonyl (C=O) groups is 2. The number of hydrogen-bond donors (Lipinski definition) is 2. The first-order chi connectivity index (χ1) is 18.3. The van der Waals surface area contributed by atoms with Gasteiger partial charge in [-0.2, -0.15) is 5.26 Å². The molecule has 2 aromatic carbocycles. The number of nitrogens with one attached hydrogen (secondary N) is 2. The van der Waals surface area contributed by atoms with Gasteiger partial charge in [0.05, 0.1) is 22.2 Å². The van der Waals surface area contributed by atoms with Crippen LogP contribution in [0.4, 0.5) is 21.7 Å². The minimum Gasteiger partial charge on any atom is -0.363 e. The Morgan fingerprint density at radius 3 is 2.42 bits per heavy atom. The molecule has 4 aromatic rings. The van der Waals surface area contributed by atoms with Crippen LogP contribution in [0.15, 0.2) is 66.9 Å². The lowest BCUT2D eigenvalue weighted by molar-refractivity contribution is 0.0644. The summed E-state index contributed by atoms with van der Waals surface area (Å²) in [5, 5.41) is 16.7. The van der Waals surface area contributed by atoms with Gasteiger partial charge in [0.2, 0.25) is 0 Å². The molecule has 2 aromatic heterocycles. The van der Waals surface area contributed by atoms with E-state index in [1.54, 1.807) is 36.5 Å². The molecule has 8 nitrogen and oxygen atoms in total. The van der Waals surface area contributed by atoms with Gasteiger partial charge in [-0.1, -0.05) is 32.0 Å². The third-order valence-corrected chi connectivity index (χ3v) is 6.34. The van der Waals surface area contributed by atoms with Crippen LogP contribution in [0.3, 0.4) is 0 Å². The predicted molar refractivity (Wildman–Crippen MR) is 143 cm³/mol. The van der Waals surface area contributed by atoms with Crippen LogP contribution in [-0.4, -0.2) is 39.3 Å². The maximum Gasteiger partial charge on any atom is 0.261 e. The minimum atomic E-state index is -0.703. The highest BCUT2D eigenvalue weighted by Gasteiger charge is 2.36. The number of carbonyl (C=O) groups excluding carboxylic acids is 2. The highest BCUT2D eigenvalue weighted by Crippen LogP contribution is 2.28. The van der Waals surface area contributed by atoms with Gasteiger partial charge in [0.25, 0.3) is 11.8 Å². The van der Waals surface area contributed by atoms with E-state index >= 15 is 4.39 Å². The lowest BCUT2D eigenvalue weighted by Crippen LogP contribution is -2.41. The van der Waals surface area contributed by atoms with Crippen LogP contribution in [0.25, 0.3) is 10.9 Å². The van der Waals surface area contributed by atoms with E-state index in [4.69, 9.17) is 0 Å². The molecule has 0 aliphatic carbocycles. The molecule has 0 unspecified atom stereocenters. The molecule has 9 heteroatoms. The average molecular weight is 509 g/mol. The van der Waals surface area contributed by atoms with Crippen molar-refractivity contribution in [3.63, 3.8) is 0 Å². The number of fused-ring (bicyclic) bond motifs is 2. The van der Waals surface area contributed by atoms with Gasteiger partial charge in [-0.25, -0.2) is 9.37 Å². The predicted octanol–water partition coefficient (Wildman–Crippen LogP) is 5.51. The SMILES string of the molecule is CC(C)C[C@H](CN1C(=O)c2ccccc2C1=O)Nc1nc(Nc2ccc3ncccc3c2)c(C#N)cc1F. The fourth-order valence-electron chi connectivity index (χ4n) is 4.63. The van der Waals surface area contributed by atoms with Crippen LogP contribution in [0, 0.1) is 23.1 Å². The number of nitrogens with zero attached hydrogens (tertiary/aromatic N) is 4. The molecule has 0 radical (unpaired) electrons. The van der Waals surface area contributed by atoms with Crippen molar-refractivity contribution in [3.8, 4) is 6.07 Å². The summed E-state index contributed by atoms with van der Waals surface area (Å²) in [5.41, 5.74) is 2.25. The van der Waals surface area contributed by atoms with Gasteiger partial charge >= 0.3 is 0 Å². The third kappa shape index (κ3) is 4.89. The number of amides is 2. The number of nitriles is 1. The maximum absolute atomic E-state index is 15.1. The molecular formula is C29H25FN6O2. The smallest absolute Gasteiger partial charge is 0.261 e. The van der Waals surface area contributed by atoms with Crippen LogP contribution >= 0.6 is 0 Å². The second kappa shape index (κ2) is 10.3. The number of benzene rings is 2. The molecule has 1 aliphatic heterocycles. The summed E-state index contributed by atoms with van der Waals surface area (Å²) in [6.07, 6.45) is 2.26. The van der Waals surface area contributed by atoms with Gasteiger partial charge in [-0.05, 0) is 54.8 Å². The summed E-state index contributed by atoms with van der Waals surface area (Å²) in [4.78, 5) is 35.7. The molecule has 2 N–H and O–H groups in total. The molecule has 2 amide bonds. The summed E-state index contributed by atoms with van der Waals surface area (Å²) < 4.78 is 15.1.